The summed E-state index contributed by atoms with van der Waals surface area (Å²) in [4.78, 5) is 4.27. The third-order valence-corrected chi connectivity index (χ3v) is 2.43. The van der Waals surface area contributed by atoms with Crippen molar-refractivity contribution in [2.45, 2.75) is 27.7 Å². The van der Waals surface area contributed by atoms with E-state index in [0.717, 1.165) is 3.72 Å². The summed E-state index contributed by atoms with van der Waals surface area (Å²) in [6.45, 7) is 12.4. The predicted octanol–water partition coefficient (Wildman–Crippen LogP) is 4.20. The molecule has 1 unspecified atom stereocenters. The second kappa shape index (κ2) is 6.35. The van der Waals surface area contributed by atoms with Gasteiger partial charge in [-0.05, 0) is 46.9 Å². The number of allylic oxidation sites excluding steroid dienone is 2. The third-order valence-electron chi connectivity index (χ3n) is 2.15. The first-order valence-corrected chi connectivity index (χ1v) is 5.59. The lowest BCUT2D eigenvalue weighted by Gasteiger charge is -2.15. The zero-order chi connectivity index (χ0) is 10.4. The van der Waals surface area contributed by atoms with Crippen LogP contribution in [0.4, 0.5) is 0 Å². The molecule has 0 aliphatic rings. The van der Waals surface area contributed by atoms with Gasteiger partial charge in [-0.1, -0.05) is 33.4 Å². The number of rotatable bonds is 4. The number of halogens is 1. The molecule has 0 fully saturated rings. The molecule has 0 aromatic carbocycles. The highest BCUT2D eigenvalue weighted by atomic mass is 127. The molecule has 0 rings (SSSR count). The summed E-state index contributed by atoms with van der Waals surface area (Å²) in [5, 5.41) is 0. The van der Waals surface area contributed by atoms with E-state index in [1.807, 2.05) is 19.2 Å². The van der Waals surface area contributed by atoms with E-state index in [9.17, 15) is 0 Å². The van der Waals surface area contributed by atoms with E-state index in [2.05, 4.69) is 54.9 Å². The summed E-state index contributed by atoms with van der Waals surface area (Å²) in [6.07, 6.45) is 3.81. The van der Waals surface area contributed by atoms with Crippen LogP contribution in [0.3, 0.4) is 0 Å². The predicted molar refractivity (Wildman–Crippen MR) is 69.4 cm³/mol. The Morgan fingerprint density at radius 1 is 1.38 bits per heavy atom. The highest BCUT2D eigenvalue weighted by Gasteiger charge is 2.09. The van der Waals surface area contributed by atoms with E-state index in [4.69, 9.17) is 0 Å². The minimum Gasteiger partial charge on any atom is -0.255 e. The van der Waals surface area contributed by atoms with Crippen LogP contribution >= 0.6 is 22.6 Å². The summed E-state index contributed by atoms with van der Waals surface area (Å²) < 4.78 is 1.05. The minimum absolute atomic E-state index is 0.525. The largest absolute Gasteiger partial charge is 0.255 e. The lowest BCUT2D eigenvalue weighted by molar-refractivity contribution is 0.487. The molecule has 0 radical (unpaired) electrons. The summed E-state index contributed by atoms with van der Waals surface area (Å²) in [6, 6.07) is 0. The first kappa shape index (κ1) is 12.9. The average Bonchev–Trinajstić information content (AvgIpc) is 2.04. The fourth-order valence-electron chi connectivity index (χ4n) is 0.905. The van der Waals surface area contributed by atoms with Gasteiger partial charge in [-0.2, -0.15) is 0 Å². The summed E-state index contributed by atoms with van der Waals surface area (Å²) in [5.74, 6) is 1.16. The lowest BCUT2D eigenvalue weighted by atomic mass is 9.91. The summed E-state index contributed by atoms with van der Waals surface area (Å²) in [7, 11) is 0. The summed E-state index contributed by atoms with van der Waals surface area (Å²) >= 11 is 2.20. The van der Waals surface area contributed by atoms with E-state index in [1.165, 1.54) is 5.57 Å². The Balaban J connectivity index is 4.59. The van der Waals surface area contributed by atoms with Crippen LogP contribution in [-0.4, -0.2) is 3.72 Å². The molecule has 0 amide bonds. The number of hydrogen-bond acceptors (Lipinski definition) is 1. The molecule has 13 heavy (non-hydrogen) atoms. The molecule has 0 spiro atoms. The molecule has 1 atom stereocenters. The number of nitrogens with zero attached hydrogens (tertiary/aromatic N) is 1. The molecule has 0 aliphatic heterocycles. The van der Waals surface area contributed by atoms with Crippen LogP contribution in [0.1, 0.15) is 27.7 Å². The smallest absolute Gasteiger partial charge is 0.0752 e. The van der Waals surface area contributed by atoms with Gasteiger partial charge in [0.2, 0.25) is 0 Å². The fourth-order valence-corrected chi connectivity index (χ4v) is 1.04. The number of aliphatic imine (C=N–C) groups is 1. The second-order valence-electron chi connectivity index (χ2n) is 3.49. The van der Waals surface area contributed by atoms with Crippen LogP contribution < -0.4 is 0 Å². The SMILES string of the molecule is C=C/C(=C\N=C(C)I)C(C)C(C)C. The normalized spacial score (nSPS) is 16.2. The van der Waals surface area contributed by atoms with E-state index in [-0.39, 0.29) is 0 Å². The standard InChI is InChI=1S/C11H18IN/c1-6-11(7-13-10(5)12)9(4)8(2)3/h6-9H,1H2,2-5H3/b11-7+,13-10?. The maximum absolute atomic E-state index is 4.27. The van der Waals surface area contributed by atoms with Crippen LogP contribution in [-0.2, 0) is 0 Å². The topological polar surface area (TPSA) is 12.4 Å². The fraction of sp³-hybridized carbons (Fsp3) is 0.545. The van der Waals surface area contributed by atoms with Gasteiger partial charge in [-0.15, -0.1) is 0 Å². The molecule has 0 aliphatic carbocycles. The molecular weight excluding hydrogens is 273 g/mol. The van der Waals surface area contributed by atoms with Gasteiger partial charge in [-0.25, -0.2) is 0 Å². The molecule has 0 aromatic rings. The van der Waals surface area contributed by atoms with Gasteiger partial charge in [0.05, 0.1) is 3.72 Å². The van der Waals surface area contributed by atoms with Crippen LogP contribution in [0.25, 0.3) is 0 Å². The Morgan fingerprint density at radius 3 is 2.23 bits per heavy atom. The van der Waals surface area contributed by atoms with Crippen molar-refractivity contribution in [1.82, 2.24) is 0 Å². The molecule has 0 saturated heterocycles. The monoisotopic (exact) mass is 291 g/mol. The molecule has 1 nitrogen and oxygen atoms in total. The highest BCUT2D eigenvalue weighted by Crippen LogP contribution is 2.20. The Morgan fingerprint density at radius 2 is 1.92 bits per heavy atom. The van der Waals surface area contributed by atoms with Crippen molar-refractivity contribution < 1.29 is 0 Å². The molecule has 2 heteroatoms. The van der Waals surface area contributed by atoms with E-state index >= 15 is 0 Å². The Kier molecular flexibility index (Phi) is 6.29. The van der Waals surface area contributed by atoms with Crippen molar-refractivity contribution in [1.29, 1.82) is 0 Å². The molecule has 0 aromatic heterocycles. The van der Waals surface area contributed by atoms with Crippen molar-refractivity contribution in [3.8, 4) is 0 Å². The third kappa shape index (κ3) is 5.24. The van der Waals surface area contributed by atoms with Crippen molar-refractivity contribution in [3.63, 3.8) is 0 Å². The van der Waals surface area contributed by atoms with E-state index in [1.54, 1.807) is 0 Å². The first-order chi connectivity index (χ1) is 5.99. The van der Waals surface area contributed by atoms with Crippen LogP contribution in [0, 0.1) is 11.8 Å². The second-order valence-corrected chi connectivity index (χ2v) is 5.05. The molecular formula is C11H18IN. The quantitative estimate of drug-likeness (QED) is 0.418. The maximum atomic E-state index is 4.27. The van der Waals surface area contributed by atoms with Crippen LogP contribution in [0.5, 0.6) is 0 Å². The Bertz CT molecular complexity index is 222. The van der Waals surface area contributed by atoms with Crippen molar-refractivity contribution in [2.24, 2.45) is 16.8 Å². The van der Waals surface area contributed by atoms with Crippen LogP contribution in [0.15, 0.2) is 29.4 Å². The van der Waals surface area contributed by atoms with Crippen molar-refractivity contribution in [3.05, 3.63) is 24.4 Å². The molecule has 0 heterocycles. The minimum atomic E-state index is 0.525. The zero-order valence-electron chi connectivity index (χ0n) is 8.84. The zero-order valence-corrected chi connectivity index (χ0v) is 11.0. The van der Waals surface area contributed by atoms with Gasteiger partial charge in [-0.3, -0.25) is 4.99 Å². The van der Waals surface area contributed by atoms with E-state index < -0.39 is 0 Å². The molecule has 74 valence electrons. The molecule has 0 bridgehead atoms. The van der Waals surface area contributed by atoms with Gasteiger partial charge in [0.1, 0.15) is 0 Å². The van der Waals surface area contributed by atoms with Crippen LogP contribution in [0.2, 0.25) is 0 Å². The molecule has 0 N–H and O–H groups in total. The van der Waals surface area contributed by atoms with Crippen molar-refractivity contribution in [2.75, 3.05) is 0 Å². The van der Waals surface area contributed by atoms with Gasteiger partial charge in [0, 0.05) is 6.20 Å². The average molecular weight is 291 g/mol. The Hall–Kier alpha value is -0.120. The molecule has 0 saturated carbocycles. The van der Waals surface area contributed by atoms with Gasteiger partial charge in [0.15, 0.2) is 0 Å². The maximum Gasteiger partial charge on any atom is 0.0752 e. The highest BCUT2D eigenvalue weighted by molar-refractivity contribution is 14.1. The van der Waals surface area contributed by atoms with E-state index in [0.29, 0.717) is 11.8 Å². The van der Waals surface area contributed by atoms with Gasteiger partial charge < -0.3 is 0 Å². The lowest BCUT2D eigenvalue weighted by Crippen LogP contribution is -2.05. The Labute approximate surface area is 95.2 Å². The van der Waals surface area contributed by atoms with Crippen molar-refractivity contribution >= 4 is 26.3 Å². The first-order valence-electron chi connectivity index (χ1n) is 4.51. The van der Waals surface area contributed by atoms with Gasteiger partial charge >= 0.3 is 0 Å². The van der Waals surface area contributed by atoms with Gasteiger partial charge in [0.25, 0.3) is 0 Å². The summed E-state index contributed by atoms with van der Waals surface area (Å²) in [5.41, 5.74) is 1.21. The number of hydrogen-bond donors (Lipinski definition) is 0.